The molecule has 2 rings (SSSR count). The van der Waals surface area contributed by atoms with Gasteiger partial charge in [-0.1, -0.05) is 42.5 Å². The van der Waals surface area contributed by atoms with Crippen LogP contribution >= 0.6 is 0 Å². The molecule has 2 unspecified atom stereocenters. The lowest BCUT2D eigenvalue weighted by Gasteiger charge is -2.40. The van der Waals surface area contributed by atoms with E-state index in [1.807, 2.05) is 0 Å². The lowest BCUT2D eigenvalue weighted by Crippen LogP contribution is -2.62. The molecule has 1 aliphatic rings. The summed E-state index contributed by atoms with van der Waals surface area (Å²) in [5.74, 6) is -6.49. The second kappa shape index (κ2) is 11.3. The Labute approximate surface area is 220 Å². The predicted octanol–water partition coefficient (Wildman–Crippen LogP) is 3.23. The Bertz CT molecular complexity index is 1150. The van der Waals surface area contributed by atoms with Crippen molar-refractivity contribution in [3.05, 3.63) is 59.7 Å². The molecule has 0 aromatic heterocycles. The van der Waals surface area contributed by atoms with E-state index in [1.165, 1.54) is 12.1 Å². The Morgan fingerprint density at radius 3 is 1.55 bits per heavy atom. The summed E-state index contributed by atoms with van der Waals surface area (Å²) in [5.41, 5.74) is -7.97. The first-order valence-corrected chi connectivity index (χ1v) is 11.5. The molecule has 1 aliphatic carbocycles. The van der Waals surface area contributed by atoms with E-state index in [0.29, 0.717) is 0 Å². The highest BCUT2D eigenvalue weighted by atomic mass is 17.2. The topological polar surface area (TPSA) is 141 Å². The van der Waals surface area contributed by atoms with Crippen LogP contribution in [0, 0.1) is 10.8 Å². The van der Waals surface area contributed by atoms with E-state index in [9.17, 15) is 24.0 Å². The minimum Gasteiger partial charge on any atom is -0.468 e. The highest BCUT2D eigenvalue weighted by molar-refractivity contribution is 6.20. The van der Waals surface area contributed by atoms with Crippen LogP contribution in [0.15, 0.2) is 54.1 Å². The van der Waals surface area contributed by atoms with Gasteiger partial charge in [0.15, 0.2) is 5.78 Å². The molecular weight excluding hydrogens is 500 g/mol. The van der Waals surface area contributed by atoms with Crippen LogP contribution in [0.4, 0.5) is 0 Å². The molecule has 0 spiro atoms. The Balaban J connectivity index is 2.88. The summed E-state index contributed by atoms with van der Waals surface area (Å²) in [6, 6.07) is 7.92. The van der Waals surface area contributed by atoms with Crippen molar-refractivity contribution >= 4 is 29.7 Å². The van der Waals surface area contributed by atoms with E-state index >= 15 is 0 Å². The van der Waals surface area contributed by atoms with E-state index in [-0.39, 0.29) is 11.1 Å². The average Bonchev–Trinajstić information content (AvgIpc) is 2.87. The van der Waals surface area contributed by atoms with Crippen LogP contribution in [0.5, 0.6) is 0 Å². The third-order valence-corrected chi connectivity index (χ3v) is 5.20. The minimum absolute atomic E-state index is 0.200. The lowest BCUT2D eigenvalue weighted by molar-refractivity contribution is -0.334. The Kier molecular flexibility index (Phi) is 9.02. The average molecular weight is 533 g/mol. The molecule has 0 amide bonds. The van der Waals surface area contributed by atoms with Gasteiger partial charge >= 0.3 is 23.9 Å². The fourth-order valence-corrected chi connectivity index (χ4v) is 3.48. The fraction of sp³-hybridized carbons (Fsp3) is 0.444. The van der Waals surface area contributed by atoms with Gasteiger partial charge in [0.25, 0.3) is 0 Å². The molecule has 0 bridgehead atoms. The number of ether oxygens (including phenoxy) is 2. The van der Waals surface area contributed by atoms with E-state index in [0.717, 1.165) is 32.4 Å². The number of methoxy groups -OCH3 is 2. The molecule has 1 aromatic carbocycles. The molecule has 0 radical (unpaired) electrons. The second-order valence-electron chi connectivity index (χ2n) is 10.4. The molecule has 0 heterocycles. The van der Waals surface area contributed by atoms with Gasteiger partial charge in [0, 0.05) is 11.1 Å². The number of rotatable bonds is 8. The van der Waals surface area contributed by atoms with Gasteiger partial charge in [-0.25, -0.2) is 9.59 Å². The van der Waals surface area contributed by atoms with Gasteiger partial charge in [0.2, 0.25) is 10.8 Å². The normalized spacial score (nSPS) is 21.1. The van der Waals surface area contributed by atoms with Crippen LogP contribution in [-0.4, -0.2) is 55.1 Å². The van der Waals surface area contributed by atoms with Gasteiger partial charge < -0.3 is 9.47 Å². The van der Waals surface area contributed by atoms with Gasteiger partial charge in [-0.2, -0.15) is 9.78 Å². The quantitative estimate of drug-likeness (QED) is 0.160. The molecule has 2 atom stereocenters. The van der Waals surface area contributed by atoms with E-state index in [1.54, 1.807) is 59.7 Å². The highest BCUT2D eigenvalue weighted by Gasteiger charge is 2.73. The summed E-state index contributed by atoms with van der Waals surface area (Å²) < 4.78 is 9.74. The second-order valence-corrected chi connectivity index (χ2v) is 10.4. The minimum atomic E-state index is -2.97. The zero-order chi connectivity index (χ0) is 28.9. The van der Waals surface area contributed by atoms with Gasteiger partial charge in [-0.3, -0.25) is 24.2 Å². The maximum atomic E-state index is 13.7. The number of hydrogen-bond donors (Lipinski definition) is 0. The van der Waals surface area contributed by atoms with Crippen LogP contribution < -0.4 is 0 Å². The van der Waals surface area contributed by atoms with Crippen molar-refractivity contribution in [3.8, 4) is 0 Å². The monoisotopic (exact) mass is 532 g/mol. The Morgan fingerprint density at radius 2 is 1.11 bits per heavy atom. The van der Waals surface area contributed by atoms with E-state index in [2.05, 4.69) is 0 Å². The van der Waals surface area contributed by atoms with E-state index < -0.39 is 51.7 Å². The van der Waals surface area contributed by atoms with Crippen molar-refractivity contribution < 1.29 is 53.0 Å². The van der Waals surface area contributed by atoms with Crippen LogP contribution in [0.3, 0.4) is 0 Å². The van der Waals surface area contributed by atoms with Crippen LogP contribution in [0.25, 0.3) is 0 Å². The summed E-state index contributed by atoms with van der Waals surface area (Å²) in [4.78, 5) is 87.5. The summed E-state index contributed by atoms with van der Waals surface area (Å²) >= 11 is 0. The first kappa shape index (κ1) is 30.4. The summed E-state index contributed by atoms with van der Waals surface area (Å²) in [6.45, 7) is 9.30. The van der Waals surface area contributed by atoms with Crippen molar-refractivity contribution in [3.63, 3.8) is 0 Å². The number of carbonyl (C=O) groups excluding carboxylic acids is 5. The first-order valence-electron chi connectivity index (χ1n) is 11.5. The zero-order valence-corrected chi connectivity index (χ0v) is 22.6. The number of ketones is 1. The molecule has 11 nitrogen and oxygen atoms in total. The smallest absolute Gasteiger partial charge is 0.365 e. The maximum absolute atomic E-state index is 13.7. The van der Waals surface area contributed by atoms with Crippen molar-refractivity contribution in [1.82, 2.24) is 0 Å². The van der Waals surface area contributed by atoms with E-state index in [4.69, 9.17) is 29.0 Å². The molecule has 0 fully saturated rings. The SMILES string of the molecule is COC(=O)C1(C(=O)OOC(C)(C)C)C=CC(C(=O)c2ccccc2)=CC1(C(=O)OC)C(=O)OOC(C)(C)C. The summed E-state index contributed by atoms with van der Waals surface area (Å²) in [7, 11) is 1.86. The number of hydrogen-bond acceptors (Lipinski definition) is 11. The van der Waals surface area contributed by atoms with Crippen LogP contribution in [-0.2, 0) is 48.2 Å². The highest BCUT2D eigenvalue weighted by Crippen LogP contribution is 2.50. The van der Waals surface area contributed by atoms with Crippen LogP contribution in [0.1, 0.15) is 51.9 Å². The Hall–Kier alpha value is -3.83. The number of Topliss-reactive ketones (excluding diaryl/α,β-unsaturated/α-hetero) is 1. The Morgan fingerprint density at radius 1 is 0.658 bits per heavy atom. The maximum Gasteiger partial charge on any atom is 0.365 e. The third-order valence-electron chi connectivity index (χ3n) is 5.20. The van der Waals surface area contributed by atoms with Gasteiger partial charge in [0.1, 0.15) is 11.2 Å². The van der Waals surface area contributed by atoms with Crippen molar-refractivity contribution in [2.75, 3.05) is 14.2 Å². The predicted molar refractivity (Wildman–Crippen MR) is 131 cm³/mol. The molecular formula is C27H32O11. The first-order chi connectivity index (χ1) is 17.6. The standard InChI is InChI=1S/C27H32O11/c1-24(2,3)37-35-22(31)26(20(29)33-7)15-14-18(19(28)17-12-10-9-11-13-17)16-27(26,21(30)34-8)23(32)36-38-25(4,5)6/h9-16H,1-8H3. The van der Waals surface area contributed by atoms with Gasteiger partial charge in [0.05, 0.1) is 14.2 Å². The largest absolute Gasteiger partial charge is 0.468 e. The number of allylic oxidation sites excluding steroid dienone is 2. The van der Waals surface area contributed by atoms with Gasteiger partial charge in [-0.05, 0) is 47.6 Å². The fourth-order valence-electron chi connectivity index (χ4n) is 3.48. The zero-order valence-electron chi connectivity index (χ0n) is 22.6. The van der Waals surface area contributed by atoms with Gasteiger partial charge in [-0.15, -0.1) is 0 Å². The molecule has 11 heteroatoms. The summed E-state index contributed by atoms with van der Waals surface area (Å²) in [6.07, 6.45) is 2.78. The summed E-state index contributed by atoms with van der Waals surface area (Å²) in [5, 5.41) is 0. The number of carbonyl (C=O) groups is 5. The number of esters is 2. The molecule has 0 saturated heterocycles. The number of benzene rings is 1. The molecule has 0 N–H and O–H groups in total. The van der Waals surface area contributed by atoms with Crippen molar-refractivity contribution in [2.45, 2.75) is 52.7 Å². The molecule has 1 aromatic rings. The molecule has 38 heavy (non-hydrogen) atoms. The molecule has 0 saturated carbocycles. The van der Waals surface area contributed by atoms with Crippen LogP contribution in [0.2, 0.25) is 0 Å². The lowest BCUT2D eigenvalue weighted by atomic mass is 9.59. The third kappa shape index (κ3) is 6.00. The van der Waals surface area contributed by atoms with Crippen molar-refractivity contribution in [2.24, 2.45) is 10.8 Å². The molecule has 0 aliphatic heterocycles. The van der Waals surface area contributed by atoms with Crippen molar-refractivity contribution in [1.29, 1.82) is 0 Å². The molecule has 206 valence electrons.